The largest absolute Gasteiger partial charge is 0.493 e. The van der Waals surface area contributed by atoms with E-state index in [0.717, 1.165) is 5.56 Å². The lowest BCUT2D eigenvalue weighted by atomic mass is 9.85. The molecule has 0 radical (unpaired) electrons. The number of nitrogens with zero attached hydrogens (tertiary/aromatic N) is 2. The minimum atomic E-state index is -0.523. The minimum absolute atomic E-state index is 0.00226. The van der Waals surface area contributed by atoms with Crippen LogP contribution in [0.1, 0.15) is 24.4 Å². The molecule has 4 atom stereocenters. The summed E-state index contributed by atoms with van der Waals surface area (Å²) in [4.78, 5) is 40.7. The molecule has 3 heterocycles. The van der Waals surface area contributed by atoms with Crippen LogP contribution in [-0.2, 0) is 14.4 Å². The fourth-order valence-corrected chi connectivity index (χ4v) is 4.61. The van der Waals surface area contributed by atoms with Gasteiger partial charge in [0.15, 0.2) is 11.5 Å². The Kier molecular flexibility index (Phi) is 3.49. The molecule has 0 aromatic heterocycles. The van der Waals surface area contributed by atoms with Crippen molar-refractivity contribution in [3.8, 4) is 11.5 Å². The number of hydrogen-bond acceptors (Lipinski definition) is 5. The average molecular weight is 344 g/mol. The molecule has 7 nitrogen and oxygen atoms in total. The summed E-state index contributed by atoms with van der Waals surface area (Å²) in [5.41, 5.74) is 0.793. The van der Waals surface area contributed by atoms with Crippen LogP contribution in [0.4, 0.5) is 0 Å². The second-order valence-electron chi connectivity index (χ2n) is 6.75. The molecule has 4 rings (SSSR count). The molecule has 3 aliphatic heterocycles. The van der Waals surface area contributed by atoms with Gasteiger partial charge in [-0.1, -0.05) is 6.07 Å². The van der Waals surface area contributed by atoms with Crippen LogP contribution >= 0.6 is 0 Å². The van der Waals surface area contributed by atoms with E-state index >= 15 is 0 Å². The first kappa shape index (κ1) is 15.9. The van der Waals surface area contributed by atoms with Gasteiger partial charge < -0.3 is 14.4 Å². The van der Waals surface area contributed by atoms with Crippen LogP contribution < -0.4 is 9.47 Å². The lowest BCUT2D eigenvalue weighted by Crippen LogP contribution is -2.39. The van der Waals surface area contributed by atoms with Gasteiger partial charge in [0.2, 0.25) is 17.7 Å². The van der Waals surface area contributed by atoms with Gasteiger partial charge in [-0.15, -0.1) is 0 Å². The summed E-state index contributed by atoms with van der Waals surface area (Å²) in [6, 6.07) is 4.77. The van der Waals surface area contributed by atoms with E-state index < -0.39 is 17.9 Å². The van der Waals surface area contributed by atoms with Gasteiger partial charge in [0, 0.05) is 19.5 Å². The Morgan fingerprint density at radius 3 is 2.36 bits per heavy atom. The van der Waals surface area contributed by atoms with E-state index in [0.29, 0.717) is 24.3 Å². The van der Waals surface area contributed by atoms with Gasteiger partial charge in [0.05, 0.1) is 32.1 Å². The quantitative estimate of drug-likeness (QED) is 0.764. The lowest BCUT2D eigenvalue weighted by Gasteiger charge is -2.28. The molecule has 132 valence electrons. The summed E-state index contributed by atoms with van der Waals surface area (Å²) >= 11 is 0. The standard InChI is InChI=1S/C18H20N2O5/c1-19-17(22)14-10-5-7-13(21)20(10)16(15(14)18(19)23)9-4-6-11(24-2)12(8-9)25-3/h4,6,8,10,14-16H,5,7H2,1-3H3. The number of carbonyl (C=O) groups excluding carboxylic acids is 3. The molecule has 0 saturated carbocycles. The van der Waals surface area contributed by atoms with E-state index in [2.05, 4.69) is 0 Å². The third kappa shape index (κ3) is 2.01. The zero-order chi connectivity index (χ0) is 17.9. The fourth-order valence-electron chi connectivity index (χ4n) is 4.61. The van der Waals surface area contributed by atoms with Gasteiger partial charge in [-0.3, -0.25) is 19.3 Å². The van der Waals surface area contributed by atoms with Crippen LogP contribution in [0.25, 0.3) is 0 Å². The molecular formula is C18H20N2O5. The normalized spacial score (nSPS) is 30.8. The molecule has 0 bridgehead atoms. The van der Waals surface area contributed by atoms with Gasteiger partial charge in [0.25, 0.3) is 0 Å². The molecule has 3 fully saturated rings. The highest BCUT2D eigenvalue weighted by Crippen LogP contribution is 2.53. The van der Waals surface area contributed by atoms with Crippen molar-refractivity contribution in [1.82, 2.24) is 9.80 Å². The maximum atomic E-state index is 12.7. The van der Waals surface area contributed by atoms with Crippen molar-refractivity contribution >= 4 is 17.7 Å². The Balaban J connectivity index is 1.83. The molecule has 1 aromatic rings. The van der Waals surface area contributed by atoms with Gasteiger partial charge in [0.1, 0.15) is 0 Å². The van der Waals surface area contributed by atoms with Crippen molar-refractivity contribution in [2.45, 2.75) is 24.9 Å². The number of fused-ring (bicyclic) bond motifs is 3. The Morgan fingerprint density at radius 2 is 1.68 bits per heavy atom. The van der Waals surface area contributed by atoms with Gasteiger partial charge in [-0.25, -0.2) is 0 Å². The number of imide groups is 1. The second kappa shape index (κ2) is 5.47. The maximum absolute atomic E-state index is 12.7. The molecule has 3 aliphatic rings. The zero-order valence-electron chi connectivity index (χ0n) is 14.4. The Hall–Kier alpha value is -2.57. The van der Waals surface area contributed by atoms with Crippen molar-refractivity contribution in [3.63, 3.8) is 0 Å². The van der Waals surface area contributed by atoms with Crippen molar-refractivity contribution in [1.29, 1.82) is 0 Å². The number of ether oxygens (including phenoxy) is 2. The number of carbonyl (C=O) groups is 3. The van der Waals surface area contributed by atoms with Gasteiger partial charge in [-0.2, -0.15) is 0 Å². The highest BCUT2D eigenvalue weighted by molar-refractivity contribution is 6.07. The number of rotatable bonds is 3. The Labute approximate surface area is 145 Å². The van der Waals surface area contributed by atoms with Crippen LogP contribution in [0.2, 0.25) is 0 Å². The highest BCUT2D eigenvalue weighted by atomic mass is 16.5. The molecule has 4 unspecified atom stereocenters. The Morgan fingerprint density at radius 1 is 1.00 bits per heavy atom. The Bertz CT molecular complexity index is 777. The van der Waals surface area contributed by atoms with Crippen LogP contribution in [0, 0.1) is 11.8 Å². The molecule has 25 heavy (non-hydrogen) atoms. The first-order chi connectivity index (χ1) is 12.0. The van der Waals surface area contributed by atoms with Gasteiger partial charge in [-0.05, 0) is 24.1 Å². The first-order valence-corrected chi connectivity index (χ1v) is 8.34. The van der Waals surface area contributed by atoms with Crippen LogP contribution in [0.15, 0.2) is 18.2 Å². The van der Waals surface area contributed by atoms with E-state index in [1.54, 1.807) is 31.3 Å². The third-order valence-corrected chi connectivity index (χ3v) is 5.72. The monoisotopic (exact) mass is 344 g/mol. The summed E-state index contributed by atoms with van der Waals surface area (Å²) in [5, 5.41) is 0. The third-order valence-electron chi connectivity index (χ3n) is 5.72. The summed E-state index contributed by atoms with van der Waals surface area (Å²) in [7, 11) is 4.62. The summed E-state index contributed by atoms with van der Waals surface area (Å²) in [5.74, 6) is -0.234. The van der Waals surface area contributed by atoms with E-state index in [1.165, 1.54) is 11.9 Å². The van der Waals surface area contributed by atoms with Crippen molar-refractivity contribution in [3.05, 3.63) is 23.8 Å². The van der Waals surface area contributed by atoms with Crippen LogP contribution in [0.5, 0.6) is 11.5 Å². The van der Waals surface area contributed by atoms with Crippen LogP contribution in [0.3, 0.4) is 0 Å². The topological polar surface area (TPSA) is 76.2 Å². The van der Waals surface area contributed by atoms with E-state index in [4.69, 9.17) is 9.47 Å². The second-order valence-corrected chi connectivity index (χ2v) is 6.75. The summed E-state index contributed by atoms with van der Waals surface area (Å²) in [6.07, 6.45) is 1.04. The smallest absolute Gasteiger partial charge is 0.235 e. The summed E-state index contributed by atoms with van der Waals surface area (Å²) < 4.78 is 10.6. The highest BCUT2D eigenvalue weighted by Gasteiger charge is 2.64. The number of amides is 3. The minimum Gasteiger partial charge on any atom is -0.493 e. The zero-order valence-corrected chi connectivity index (χ0v) is 14.4. The molecule has 0 N–H and O–H groups in total. The molecule has 0 aliphatic carbocycles. The van der Waals surface area contributed by atoms with Crippen molar-refractivity contribution < 1.29 is 23.9 Å². The average Bonchev–Trinajstić information content (AvgIpc) is 3.22. The lowest BCUT2D eigenvalue weighted by molar-refractivity contribution is -0.140. The number of hydrogen-bond donors (Lipinski definition) is 0. The number of benzene rings is 1. The number of methoxy groups -OCH3 is 2. The summed E-state index contributed by atoms with van der Waals surface area (Å²) in [6.45, 7) is 0. The molecule has 3 amide bonds. The van der Waals surface area contributed by atoms with Crippen LogP contribution in [-0.4, -0.2) is 54.8 Å². The predicted molar refractivity (Wildman–Crippen MR) is 86.9 cm³/mol. The maximum Gasteiger partial charge on any atom is 0.235 e. The predicted octanol–water partition coefficient (Wildman–Crippen LogP) is 0.980. The van der Waals surface area contributed by atoms with Gasteiger partial charge >= 0.3 is 0 Å². The number of likely N-dealkylation sites (tertiary alicyclic amines) is 1. The fraction of sp³-hybridized carbons (Fsp3) is 0.500. The van der Waals surface area contributed by atoms with E-state index in [-0.39, 0.29) is 23.8 Å². The van der Waals surface area contributed by atoms with Crippen molar-refractivity contribution in [2.24, 2.45) is 11.8 Å². The molecule has 1 aromatic carbocycles. The molecular weight excluding hydrogens is 324 g/mol. The van der Waals surface area contributed by atoms with E-state index in [1.807, 2.05) is 6.07 Å². The van der Waals surface area contributed by atoms with Crippen molar-refractivity contribution in [2.75, 3.05) is 21.3 Å². The molecule has 3 saturated heterocycles. The molecule has 7 heteroatoms. The first-order valence-electron chi connectivity index (χ1n) is 8.34. The molecule has 0 spiro atoms. The van der Waals surface area contributed by atoms with E-state index in [9.17, 15) is 14.4 Å². The SMILES string of the molecule is COc1ccc(C2C3C(=O)N(C)C(=O)C3C3CCC(=O)N32)cc1OC.